The van der Waals surface area contributed by atoms with E-state index < -0.39 is 0 Å². The number of benzene rings is 2. The summed E-state index contributed by atoms with van der Waals surface area (Å²) in [6.07, 6.45) is 0. The second-order valence-electron chi connectivity index (χ2n) is 5.33. The van der Waals surface area contributed by atoms with Gasteiger partial charge in [0.05, 0.1) is 19.2 Å². The zero-order valence-electron chi connectivity index (χ0n) is 13.0. The van der Waals surface area contributed by atoms with Crippen LogP contribution in [0.4, 0.5) is 10.1 Å². The average molecular weight is 338 g/mol. The molecule has 0 saturated heterocycles. The summed E-state index contributed by atoms with van der Waals surface area (Å²) in [5, 5.41) is 3.24. The molecule has 0 heterocycles. The van der Waals surface area contributed by atoms with Gasteiger partial charge in [-0.05, 0) is 30.3 Å². The van der Waals surface area contributed by atoms with E-state index in [0.717, 1.165) is 10.5 Å². The third kappa shape index (κ3) is 5.23. The number of ether oxygens (including phenoxy) is 1. The van der Waals surface area contributed by atoms with Gasteiger partial charge in [-0.1, -0.05) is 23.7 Å². The maximum absolute atomic E-state index is 12.9. The first kappa shape index (κ1) is 17.2. The number of nitrogens with one attached hydrogen (secondary N) is 2. The number of methoxy groups -OCH3 is 1. The second kappa shape index (κ2) is 7.94. The van der Waals surface area contributed by atoms with E-state index in [1.807, 2.05) is 7.05 Å². The van der Waals surface area contributed by atoms with Crippen molar-refractivity contribution in [3.8, 4) is 5.75 Å². The molecular weight excluding hydrogens is 319 g/mol. The van der Waals surface area contributed by atoms with Crippen LogP contribution in [0, 0.1) is 5.82 Å². The Morgan fingerprint density at radius 3 is 2.57 bits per heavy atom. The molecule has 0 radical (unpaired) electrons. The van der Waals surface area contributed by atoms with Gasteiger partial charge in [0.15, 0.2) is 6.54 Å². The molecule has 0 fully saturated rings. The Balaban J connectivity index is 1.88. The van der Waals surface area contributed by atoms with Gasteiger partial charge in [0.2, 0.25) is 0 Å². The number of halogens is 2. The minimum absolute atomic E-state index is 0.120. The molecule has 0 aliphatic heterocycles. The topological polar surface area (TPSA) is 42.8 Å². The third-order valence-corrected chi connectivity index (χ3v) is 3.61. The van der Waals surface area contributed by atoms with Crippen molar-refractivity contribution in [3.05, 3.63) is 58.9 Å². The number of amides is 1. The number of rotatable bonds is 6. The molecule has 2 aromatic rings. The first-order chi connectivity index (χ1) is 11.0. The highest BCUT2D eigenvalue weighted by Gasteiger charge is 2.12. The molecule has 1 amide bonds. The van der Waals surface area contributed by atoms with E-state index in [-0.39, 0.29) is 11.7 Å². The highest BCUT2D eigenvalue weighted by atomic mass is 35.5. The quantitative estimate of drug-likeness (QED) is 0.848. The fraction of sp³-hybridized carbons (Fsp3) is 0.235. The molecule has 0 aliphatic carbocycles. The Labute approximate surface area is 139 Å². The average Bonchev–Trinajstić information content (AvgIpc) is 2.49. The van der Waals surface area contributed by atoms with Gasteiger partial charge in [-0.15, -0.1) is 0 Å². The number of anilines is 1. The molecular formula is C17H19ClFN2O2+. The number of quaternary nitrogens is 1. The van der Waals surface area contributed by atoms with Crippen molar-refractivity contribution in [1.29, 1.82) is 0 Å². The van der Waals surface area contributed by atoms with Crippen LogP contribution in [0.25, 0.3) is 0 Å². The number of hydrogen-bond acceptors (Lipinski definition) is 2. The van der Waals surface area contributed by atoms with E-state index in [9.17, 15) is 9.18 Å². The normalized spacial score (nSPS) is 11.8. The summed E-state index contributed by atoms with van der Waals surface area (Å²) in [4.78, 5) is 13.1. The van der Waals surface area contributed by atoms with E-state index >= 15 is 0 Å². The summed E-state index contributed by atoms with van der Waals surface area (Å²) >= 11 is 6.03. The van der Waals surface area contributed by atoms with Gasteiger partial charge in [-0.2, -0.15) is 0 Å². The molecule has 122 valence electrons. The lowest BCUT2D eigenvalue weighted by Crippen LogP contribution is -3.08. The zero-order chi connectivity index (χ0) is 16.8. The molecule has 0 bridgehead atoms. The van der Waals surface area contributed by atoms with Crippen molar-refractivity contribution >= 4 is 23.2 Å². The molecule has 2 N–H and O–H groups in total. The SMILES string of the molecule is COc1ccc(NC(=O)C[NH+](C)Cc2ccc(F)cc2)cc1Cl. The lowest BCUT2D eigenvalue weighted by molar-refractivity contribution is -0.885. The van der Waals surface area contributed by atoms with Gasteiger partial charge < -0.3 is 15.0 Å². The fourth-order valence-electron chi connectivity index (χ4n) is 2.24. The lowest BCUT2D eigenvalue weighted by Gasteiger charge is -2.14. The molecule has 0 saturated carbocycles. The molecule has 1 unspecified atom stereocenters. The van der Waals surface area contributed by atoms with E-state index in [0.29, 0.717) is 29.5 Å². The van der Waals surface area contributed by atoms with Crippen LogP contribution in [0.15, 0.2) is 42.5 Å². The molecule has 0 aliphatic rings. The Kier molecular flexibility index (Phi) is 5.96. The summed E-state index contributed by atoms with van der Waals surface area (Å²) < 4.78 is 17.9. The van der Waals surface area contributed by atoms with Crippen molar-refractivity contribution in [2.24, 2.45) is 0 Å². The number of hydrogen-bond donors (Lipinski definition) is 2. The minimum atomic E-state index is -0.263. The van der Waals surface area contributed by atoms with Crippen LogP contribution in [0.3, 0.4) is 0 Å². The van der Waals surface area contributed by atoms with Crippen LogP contribution < -0.4 is 15.0 Å². The summed E-state index contributed by atoms with van der Waals surface area (Å²) in [6.45, 7) is 0.929. The van der Waals surface area contributed by atoms with Crippen molar-refractivity contribution in [2.45, 2.75) is 6.54 Å². The molecule has 1 atom stereocenters. The molecule has 2 aromatic carbocycles. The van der Waals surface area contributed by atoms with Gasteiger partial charge in [0.1, 0.15) is 18.1 Å². The van der Waals surface area contributed by atoms with Crippen LogP contribution in [-0.4, -0.2) is 26.6 Å². The van der Waals surface area contributed by atoms with Crippen molar-refractivity contribution < 1.29 is 18.8 Å². The Morgan fingerprint density at radius 1 is 1.26 bits per heavy atom. The Morgan fingerprint density at radius 2 is 1.96 bits per heavy atom. The van der Waals surface area contributed by atoms with Gasteiger partial charge in [0, 0.05) is 11.3 Å². The number of carbonyl (C=O) groups excluding carboxylic acids is 1. The molecule has 2 rings (SSSR count). The largest absolute Gasteiger partial charge is 0.495 e. The predicted octanol–water partition coefficient (Wildman–Crippen LogP) is 2.14. The van der Waals surface area contributed by atoms with Crippen molar-refractivity contribution in [3.63, 3.8) is 0 Å². The Hall–Kier alpha value is -2.11. The van der Waals surface area contributed by atoms with E-state index in [1.165, 1.54) is 19.2 Å². The smallest absolute Gasteiger partial charge is 0.279 e. The van der Waals surface area contributed by atoms with E-state index in [1.54, 1.807) is 30.3 Å². The highest BCUT2D eigenvalue weighted by molar-refractivity contribution is 6.32. The third-order valence-electron chi connectivity index (χ3n) is 3.32. The first-order valence-corrected chi connectivity index (χ1v) is 7.55. The van der Waals surface area contributed by atoms with Crippen LogP contribution in [0.1, 0.15) is 5.56 Å². The van der Waals surface area contributed by atoms with Gasteiger partial charge >= 0.3 is 0 Å². The van der Waals surface area contributed by atoms with Gasteiger partial charge in [0.25, 0.3) is 5.91 Å². The molecule has 6 heteroatoms. The molecule has 23 heavy (non-hydrogen) atoms. The van der Waals surface area contributed by atoms with Crippen molar-refractivity contribution in [2.75, 3.05) is 26.0 Å². The standard InChI is InChI=1S/C17H18ClFN2O2/c1-21(10-12-3-5-13(19)6-4-12)11-17(22)20-14-7-8-16(23-2)15(18)9-14/h3-9H,10-11H2,1-2H3,(H,20,22)/p+1. The summed E-state index contributed by atoms with van der Waals surface area (Å²) in [6, 6.07) is 11.4. The van der Waals surface area contributed by atoms with E-state index in [2.05, 4.69) is 5.32 Å². The lowest BCUT2D eigenvalue weighted by atomic mass is 10.2. The summed E-state index contributed by atoms with van der Waals surface area (Å²) in [5.74, 6) is 0.176. The summed E-state index contributed by atoms with van der Waals surface area (Å²) in [5.41, 5.74) is 1.60. The van der Waals surface area contributed by atoms with Crippen LogP contribution >= 0.6 is 11.6 Å². The first-order valence-electron chi connectivity index (χ1n) is 7.17. The van der Waals surface area contributed by atoms with Crippen molar-refractivity contribution in [1.82, 2.24) is 0 Å². The zero-order valence-corrected chi connectivity index (χ0v) is 13.8. The fourth-order valence-corrected chi connectivity index (χ4v) is 2.49. The van der Waals surface area contributed by atoms with Gasteiger partial charge in [-0.3, -0.25) is 4.79 Å². The van der Waals surface area contributed by atoms with Crippen LogP contribution in [0.2, 0.25) is 5.02 Å². The minimum Gasteiger partial charge on any atom is -0.495 e. The number of likely N-dealkylation sites (N-methyl/N-ethyl adjacent to an activating group) is 1. The summed E-state index contributed by atoms with van der Waals surface area (Å²) in [7, 11) is 3.44. The second-order valence-corrected chi connectivity index (χ2v) is 5.74. The van der Waals surface area contributed by atoms with Gasteiger partial charge in [-0.25, -0.2) is 4.39 Å². The predicted molar refractivity (Wildman–Crippen MR) is 88.5 cm³/mol. The Bertz CT molecular complexity index is 677. The van der Waals surface area contributed by atoms with E-state index in [4.69, 9.17) is 16.3 Å². The molecule has 4 nitrogen and oxygen atoms in total. The monoisotopic (exact) mass is 337 g/mol. The molecule has 0 spiro atoms. The maximum Gasteiger partial charge on any atom is 0.279 e. The van der Waals surface area contributed by atoms with Crippen LogP contribution in [-0.2, 0) is 11.3 Å². The maximum atomic E-state index is 12.9. The molecule has 0 aromatic heterocycles. The highest BCUT2D eigenvalue weighted by Crippen LogP contribution is 2.26. The van der Waals surface area contributed by atoms with Crippen LogP contribution in [0.5, 0.6) is 5.75 Å². The number of carbonyl (C=O) groups is 1.